The SMILES string of the molecule is CC(O)C(C)N1CCNCC12CCCCC2. The summed E-state index contributed by atoms with van der Waals surface area (Å²) in [4.78, 5) is 2.58. The monoisotopic (exact) mass is 226 g/mol. The van der Waals surface area contributed by atoms with Crippen LogP contribution in [0, 0.1) is 0 Å². The van der Waals surface area contributed by atoms with Crippen LogP contribution in [0.25, 0.3) is 0 Å². The highest BCUT2D eigenvalue weighted by atomic mass is 16.3. The van der Waals surface area contributed by atoms with Crippen LogP contribution < -0.4 is 5.32 Å². The van der Waals surface area contributed by atoms with E-state index < -0.39 is 0 Å². The molecule has 0 amide bonds. The van der Waals surface area contributed by atoms with Crippen LogP contribution in [0.5, 0.6) is 0 Å². The van der Waals surface area contributed by atoms with Crippen molar-refractivity contribution in [1.29, 1.82) is 0 Å². The van der Waals surface area contributed by atoms with Gasteiger partial charge in [-0.15, -0.1) is 0 Å². The molecule has 2 fully saturated rings. The highest BCUT2D eigenvalue weighted by Crippen LogP contribution is 2.36. The molecule has 0 aromatic heterocycles. The molecule has 16 heavy (non-hydrogen) atoms. The summed E-state index contributed by atoms with van der Waals surface area (Å²) in [6.45, 7) is 7.37. The highest BCUT2D eigenvalue weighted by molar-refractivity contribution is 5.00. The second-order valence-electron chi connectivity index (χ2n) is 5.64. The van der Waals surface area contributed by atoms with E-state index in [1.807, 2.05) is 6.92 Å². The molecule has 0 radical (unpaired) electrons. The Labute approximate surface area is 99.2 Å². The van der Waals surface area contributed by atoms with Crippen molar-refractivity contribution < 1.29 is 5.11 Å². The lowest BCUT2D eigenvalue weighted by Crippen LogP contribution is -2.65. The van der Waals surface area contributed by atoms with Gasteiger partial charge in [-0.05, 0) is 26.7 Å². The second-order valence-corrected chi connectivity index (χ2v) is 5.64. The lowest BCUT2D eigenvalue weighted by Gasteiger charge is -2.53. The molecule has 1 saturated heterocycles. The molecule has 1 heterocycles. The summed E-state index contributed by atoms with van der Waals surface area (Å²) in [7, 11) is 0. The third kappa shape index (κ3) is 2.27. The zero-order valence-electron chi connectivity index (χ0n) is 10.7. The van der Waals surface area contributed by atoms with E-state index in [1.165, 1.54) is 32.1 Å². The first-order chi connectivity index (χ1) is 7.66. The van der Waals surface area contributed by atoms with Crippen molar-refractivity contribution in [3.8, 4) is 0 Å². The molecule has 1 saturated carbocycles. The molecule has 2 atom stereocenters. The summed E-state index contributed by atoms with van der Waals surface area (Å²) in [6.07, 6.45) is 6.47. The maximum absolute atomic E-state index is 9.83. The van der Waals surface area contributed by atoms with Crippen LogP contribution >= 0.6 is 0 Å². The average molecular weight is 226 g/mol. The molecule has 2 rings (SSSR count). The maximum Gasteiger partial charge on any atom is 0.0664 e. The van der Waals surface area contributed by atoms with Gasteiger partial charge in [0, 0.05) is 31.2 Å². The number of hydrogen-bond donors (Lipinski definition) is 2. The average Bonchev–Trinajstić information content (AvgIpc) is 2.30. The summed E-state index contributed by atoms with van der Waals surface area (Å²) in [5.41, 5.74) is 0.340. The lowest BCUT2D eigenvalue weighted by molar-refractivity contribution is -0.0408. The molecule has 0 aromatic rings. The fraction of sp³-hybridized carbons (Fsp3) is 1.00. The molecule has 3 heteroatoms. The van der Waals surface area contributed by atoms with Gasteiger partial charge in [0.25, 0.3) is 0 Å². The van der Waals surface area contributed by atoms with Gasteiger partial charge in [0.15, 0.2) is 0 Å². The van der Waals surface area contributed by atoms with Crippen molar-refractivity contribution in [2.45, 2.75) is 63.6 Å². The van der Waals surface area contributed by atoms with Crippen molar-refractivity contribution in [3.63, 3.8) is 0 Å². The van der Waals surface area contributed by atoms with Crippen molar-refractivity contribution in [2.75, 3.05) is 19.6 Å². The van der Waals surface area contributed by atoms with E-state index in [1.54, 1.807) is 0 Å². The number of nitrogens with zero attached hydrogens (tertiary/aromatic N) is 1. The van der Waals surface area contributed by atoms with Crippen molar-refractivity contribution in [3.05, 3.63) is 0 Å². The number of aliphatic hydroxyl groups excluding tert-OH is 1. The Morgan fingerprint density at radius 3 is 2.50 bits per heavy atom. The highest BCUT2D eigenvalue weighted by Gasteiger charge is 2.42. The molecule has 94 valence electrons. The first-order valence-corrected chi connectivity index (χ1v) is 6.81. The third-order valence-electron chi connectivity index (χ3n) is 4.57. The van der Waals surface area contributed by atoms with Gasteiger partial charge in [0.2, 0.25) is 0 Å². The molecule has 2 aliphatic rings. The van der Waals surface area contributed by atoms with Gasteiger partial charge in [-0.25, -0.2) is 0 Å². The van der Waals surface area contributed by atoms with Crippen LogP contribution in [-0.4, -0.2) is 47.3 Å². The number of piperazine rings is 1. The number of rotatable bonds is 2. The quantitative estimate of drug-likeness (QED) is 0.746. The minimum atomic E-state index is -0.225. The first-order valence-electron chi connectivity index (χ1n) is 6.81. The molecule has 0 bridgehead atoms. The van der Waals surface area contributed by atoms with E-state index in [0.29, 0.717) is 11.6 Å². The normalized spacial score (nSPS) is 30.2. The Morgan fingerprint density at radius 2 is 1.88 bits per heavy atom. The molecule has 1 aliphatic heterocycles. The first kappa shape index (κ1) is 12.3. The Morgan fingerprint density at radius 1 is 1.19 bits per heavy atom. The minimum Gasteiger partial charge on any atom is -0.392 e. The van der Waals surface area contributed by atoms with Gasteiger partial charge >= 0.3 is 0 Å². The molecule has 3 nitrogen and oxygen atoms in total. The Bertz CT molecular complexity index is 216. The molecule has 2 N–H and O–H groups in total. The van der Waals surface area contributed by atoms with Gasteiger partial charge in [0.05, 0.1) is 6.10 Å². The summed E-state index contributed by atoms with van der Waals surface area (Å²) in [5.74, 6) is 0. The van der Waals surface area contributed by atoms with Gasteiger partial charge in [-0.2, -0.15) is 0 Å². The van der Waals surface area contributed by atoms with Crippen LogP contribution in [0.3, 0.4) is 0 Å². The van der Waals surface area contributed by atoms with Crippen molar-refractivity contribution in [1.82, 2.24) is 10.2 Å². The third-order valence-corrected chi connectivity index (χ3v) is 4.57. The van der Waals surface area contributed by atoms with E-state index in [2.05, 4.69) is 17.1 Å². The van der Waals surface area contributed by atoms with Crippen LogP contribution in [-0.2, 0) is 0 Å². The summed E-state index contributed by atoms with van der Waals surface area (Å²) < 4.78 is 0. The van der Waals surface area contributed by atoms with E-state index in [-0.39, 0.29) is 6.10 Å². The number of nitrogens with one attached hydrogen (secondary N) is 1. The van der Waals surface area contributed by atoms with E-state index >= 15 is 0 Å². The van der Waals surface area contributed by atoms with Crippen molar-refractivity contribution in [2.24, 2.45) is 0 Å². The molecule has 0 aromatic carbocycles. The topological polar surface area (TPSA) is 35.5 Å². The zero-order chi connectivity index (χ0) is 11.6. The Kier molecular flexibility index (Phi) is 3.88. The standard InChI is InChI=1S/C13H26N2O/c1-11(12(2)16)15-9-8-14-10-13(15)6-4-3-5-7-13/h11-12,14,16H,3-10H2,1-2H3. The lowest BCUT2D eigenvalue weighted by atomic mass is 9.78. The van der Waals surface area contributed by atoms with E-state index in [4.69, 9.17) is 0 Å². The Hall–Kier alpha value is -0.120. The maximum atomic E-state index is 9.83. The predicted octanol–water partition coefficient (Wildman–Crippen LogP) is 1.36. The molecular weight excluding hydrogens is 200 g/mol. The molecule has 1 aliphatic carbocycles. The van der Waals surface area contributed by atoms with E-state index in [9.17, 15) is 5.11 Å². The van der Waals surface area contributed by atoms with Crippen LogP contribution in [0.2, 0.25) is 0 Å². The van der Waals surface area contributed by atoms with E-state index in [0.717, 1.165) is 19.6 Å². The summed E-state index contributed by atoms with van der Waals surface area (Å²) in [5, 5.41) is 13.4. The summed E-state index contributed by atoms with van der Waals surface area (Å²) >= 11 is 0. The van der Waals surface area contributed by atoms with Gasteiger partial charge in [-0.3, -0.25) is 4.90 Å². The van der Waals surface area contributed by atoms with Gasteiger partial charge < -0.3 is 10.4 Å². The molecular formula is C13H26N2O. The minimum absolute atomic E-state index is 0.225. The van der Waals surface area contributed by atoms with Gasteiger partial charge in [-0.1, -0.05) is 19.3 Å². The summed E-state index contributed by atoms with van der Waals surface area (Å²) in [6, 6.07) is 0.292. The second kappa shape index (κ2) is 5.03. The van der Waals surface area contributed by atoms with Crippen molar-refractivity contribution >= 4 is 0 Å². The predicted molar refractivity (Wildman–Crippen MR) is 66.5 cm³/mol. The molecule has 1 spiro atoms. The molecule has 2 unspecified atom stereocenters. The fourth-order valence-electron chi connectivity index (χ4n) is 3.43. The number of hydrogen-bond acceptors (Lipinski definition) is 3. The number of aliphatic hydroxyl groups is 1. The van der Waals surface area contributed by atoms with Crippen LogP contribution in [0.15, 0.2) is 0 Å². The zero-order valence-corrected chi connectivity index (χ0v) is 10.7. The van der Waals surface area contributed by atoms with Crippen LogP contribution in [0.1, 0.15) is 46.0 Å². The fourth-order valence-corrected chi connectivity index (χ4v) is 3.43. The van der Waals surface area contributed by atoms with Gasteiger partial charge in [0.1, 0.15) is 0 Å². The smallest absolute Gasteiger partial charge is 0.0664 e. The Balaban J connectivity index is 2.12. The largest absolute Gasteiger partial charge is 0.392 e. The van der Waals surface area contributed by atoms with Crippen LogP contribution in [0.4, 0.5) is 0 Å².